The minimum Gasteiger partial charge on any atom is -0.353 e. The molecule has 1 aliphatic rings. The van der Waals surface area contributed by atoms with Gasteiger partial charge >= 0.3 is 0 Å². The maximum atomic E-state index is 5.51. The second kappa shape index (κ2) is 5.18. The Morgan fingerprint density at radius 1 is 1.40 bits per heavy atom. The number of hydrogen-bond donors (Lipinski definition) is 2. The summed E-state index contributed by atoms with van der Waals surface area (Å²) in [6.45, 7) is 7.75. The van der Waals surface area contributed by atoms with Crippen molar-refractivity contribution in [1.82, 2.24) is 9.97 Å². The van der Waals surface area contributed by atoms with Gasteiger partial charge in [-0.15, -0.1) is 11.3 Å². The van der Waals surface area contributed by atoms with Gasteiger partial charge in [0.15, 0.2) is 0 Å². The van der Waals surface area contributed by atoms with E-state index in [0.717, 1.165) is 28.5 Å². The van der Waals surface area contributed by atoms with Crippen molar-refractivity contribution >= 4 is 33.3 Å². The molecule has 0 amide bonds. The lowest BCUT2D eigenvalue weighted by Crippen LogP contribution is -2.41. The highest BCUT2D eigenvalue weighted by molar-refractivity contribution is 7.18. The van der Waals surface area contributed by atoms with Crippen LogP contribution in [0.5, 0.6) is 0 Å². The summed E-state index contributed by atoms with van der Waals surface area (Å²) >= 11 is 1.69. The average Bonchev–Trinajstić information content (AvgIpc) is 2.78. The van der Waals surface area contributed by atoms with Crippen molar-refractivity contribution in [1.29, 1.82) is 0 Å². The van der Waals surface area contributed by atoms with Gasteiger partial charge in [-0.1, -0.05) is 6.92 Å². The molecule has 0 aromatic carbocycles. The van der Waals surface area contributed by atoms with E-state index in [1.165, 1.54) is 17.7 Å². The molecule has 0 bridgehead atoms. The molecule has 0 saturated carbocycles. The van der Waals surface area contributed by atoms with Crippen molar-refractivity contribution in [3.8, 4) is 0 Å². The van der Waals surface area contributed by atoms with E-state index in [-0.39, 0.29) is 0 Å². The first-order chi connectivity index (χ1) is 9.58. The Bertz CT molecular complexity index is 623. The number of hydrazine groups is 1. The molecule has 108 valence electrons. The van der Waals surface area contributed by atoms with Crippen molar-refractivity contribution in [2.75, 3.05) is 16.9 Å². The minimum atomic E-state index is 0.500. The SMILES string of the molecule is Cc1cc2c(N3CCC(C)CC3C)nc(NN)nc2s1. The van der Waals surface area contributed by atoms with Crippen molar-refractivity contribution in [3.63, 3.8) is 0 Å². The Labute approximate surface area is 123 Å². The largest absolute Gasteiger partial charge is 0.353 e. The van der Waals surface area contributed by atoms with Gasteiger partial charge in [-0.25, -0.2) is 10.8 Å². The Morgan fingerprint density at radius 3 is 2.90 bits per heavy atom. The third kappa shape index (κ3) is 2.33. The first-order valence-electron chi connectivity index (χ1n) is 7.10. The molecule has 6 heteroatoms. The van der Waals surface area contributed by atoms with Crippen LogP contribution in [0.2, 0.25) is 0 Å². The third-order valence-corrected chi connectivity index (χ3v) is 4.98. The number of piperidine rings is 1. The van der Waals surface area contributed by atoms with Crippen LogP contribution in [0, 0.1) is 12.8 Å². The van der Waals surface area contributed by atoms with Gasteiger partial charge in [0.1, 0.15) is 10.6 Å². The predicted molar refractivity (Wildman–Crippen MR) is 85.2 cm³/mol. The molecule has 3 N–H and O–H groups in total. The van der Waals surface area contributed by atoms with Crippen molar-refractivity contribution in [3.05, 3.63) is 10.9 Å². The summed E-state index contributed by atoms with van der Waals surface area (Å²) in [5.74, 6) is 7.82. The van der Waals surface area contributed by atoms with E-state index in [4.69, 9.17) is 5.84 Å². The fourth-order valence-electron chi connectivity index (χ4n) is 3.03. The quantitative estimate of drug-likeness (QED) is 0.658. The Balaban J connectivity index is 2.09. The summed E-state index contributed by atoms with van der Waals surface area (Å²) in [4.78, 5) is 13.7. The molecule has 2 atom stereocenters. The second-order valence-corrected chi connectivity index (χ2v) is 7.00. The minimum absolute atomic E-state index is 0.500. The molecule has 1 saturated heterocycles. The van der Waals surface area contributed by atoms with Crippen molar-refractivity contribution in [2.24, 2.45) is 11.8 Å². The molecular weight excluding hydrogens is 270 g/mol. The van der Waals surface area contributed by atoms with E-state index in [1.54, 1.807) is 11.3 Å². The zero-order chi connectivity index (χ0) is 14.3. The number of nitrogen functional groups attached to an aromatic ring is 1. The lowest BCUT2D eigenvalue weighted by atomic mass is 9.93. The van der Waals surface area contributed by atoms with Crippen LogP contribution in [0.1, 0.15) is 31.6 Å². The van der Waals surface area contributed by atoms with Crippen LogP contribution < -0.4 is 16.2 Å². The predicted octanol–water partition coefficient (Wildman–Crippen LogP) is 2.91. The smallest absolute Gasteiger partial charge is 0.240 e. The van der Waals surface area contributed by atoms with E-state index in [9.17, 15) is 0 Å². The molecule has 5 nitrogen and oxygen atoms in total. The summed E-state index contributed by atoms with van der Waals surface area (Å²) in [6, 6.07) is 2.68. The normalized spacial score (nSPS) is 23.3. The van der Waals surface area contributed by atoms with Gasteiger partial charge in [0.2, 0.25) is 5.95 Å². The van der Waals surface area contributed by atoms with E-state index >= 15 is 0 Å². The number of nitrogens with zero attached hydrogens (tertiary/aromatic N) is 3. The highest BCUT2D eigenvalue weighted by atomic mass is 32.1. The molecule has 2 unspecified atom stereocenters. The highest BCUT2D eigenvalue weighted by Crippen LogP contribution is 2.35. The first kappa shape index (κ1) is 13.6. The number of aromatic nitrogens is 2. The summed E-state index contributed by atoms with van der Waals surface area (Å²) in [5, 5.41) is 1.15. The fraction of sp³-hybridized carbons (Fsp3) is 0.571. The van der Waals surface area contributed by atoms with E-state index < -0.39 is 0 Å². The maximum Gasteiger partial charge on any atom is 0.240 e. The molecule has 1 fully saturated rings. The number of fused-ring (bicyclic) bond motifs is 1. The molecule has 2 aromatic heterocycles. The first-order valence-corrected chi connectivity index (χ1v) is 7.91. The van der Waals surface area contributed by atoms with Gasteiger partial charge in [0.05, 0.1) is 5.39 Å². The van der Waals surface area contributed by atoms with Crippen LogP contribution in [-0.2, 0) is 0 Å². The molecule has 1 aliphatic heterocycles. The highest BCUT2D eigenvalue weighted by Gasteiger charge is 2.26. The number of rotatable bonds is 2. The van der Waals surface area contributed by atoms with Gasteiger partial charge in [-0.05, 0) is 38.7 Å². The Morgan fingerprint density at radius 2 is 2.20 bits per heavy atom. The van der Waals surface area contributed by atoms with Crippen LogP contribution in [0.3, 0.4) is 0 Å². The lowest BCUT2D eigenvalue weighted by Gasteiger charge is -2.37. The summed E-state index contributed by atoms with van der Waals surface area (Å²) in [7, 11) is 0. The molecule has 0 aliphatic carbocycles. The number of nitrogens with two attached hydrogens (primary N) is 1. The summed E-state index contributed by atoms with van der Waals surface area (Å²) < 4.78 is 0. The molecule has 20 heavy (non-hydrogen) atoms. The number of aryl methyl sites for hydroxylation is 1. The number of anilines is 2. The average molecular weight is 291 g/mol. The van der Waals surface area contributed by atoms with E-state index in [2.05, 4.69) is 47.1 Å². The molecule has 0 radical (unpaired) electrons. The maximum absolute atomic E-state index is 5.51. The second-order valence-electron chi connectivity index (χ2n) is 5.76. The van der Waals surface area contributed by atoms with Gasteiger partial charge in [0, 0.05) is 17.5 Å². The monoisotopic (exact) mass is 291 g/mol. The van der Waals surface area contributed by atoms with Crippen LogP contribution in [-0.4, -0.2) is 22.6 Å². The summed E-state index contributed by atoms with van der Waals surface area (Å²) in [5.41, 5.74) is 2.59. The Kier molecular flexibility index (Phi) is 3.52. The Hall–Kier alpha value is -1.40. The fourth-order valence-corrected chi connectivity index (χ4v) is 3.91. The zero-order valence-corrected chi connectivity index (χ0v) is 13.0. The van der Waals surface area contributed by atoms with Crippen LogP contribution in [0.4, 0.5) is 11.8 Å². The van der Waals surface area contributed by atoms with Gasteiger partial charge in [-0.3, -0.25) is 5.43 Å². The zero-order valence-electron chi connectivity index (χ0n) is 12.2. The van der Waals surface area contributed by atoms with Crippen LogP contribution in [0.25, 0.3) is 10.2 Å². The molecule has 3 heterocycles. The molecular formula is C14H21N5S. The van der Waals surface area contributed by atoms with Crippen LogP contribution >= 0.6 is 11.3 Å². The topological polar surface area (TPSA) is 67.1 Å². The standard InChI is InChI=1S/C14H21N5S/c1-8-4-5-19(9(2)6-8)12-11-7-10(3)20-13(11)17-14(16-12)18-15/h7-9H,4-6,15H2,1-3H3,(H,16,17,18). The van der Waals surface area contributed by atoms with E-state index in [1.807, 2.05) is 0 Å². The number of thiophene rings is 1. The van der Waals surface area contributed by atoms with Crippen LogP contribution in [0.15, 0.2) is 6.07 Å². The van der Waals surface area contributed by atoms with Gasteiger partial charge in [-0.2, -0.15) is 4.98 Å². The molecule has 2 aromatic rings. The van der Waals surface area contributed by atoms with Gasteiger partial charge in [0.25, 0.3) is 0 Å². The van der Waals surface area contributed by atoms with Crippen molar-refractivity contribution in [2.45, 2.75) is 39.7 Å². The molecule has 0 spiro atoms. The summed E-state index contributed by atoms with van der Waals surface area (Å²) in [6.07, 6.45) is 2.42. The number of nitrogens with one attached hydrogen (secondary N) is 1. The van der Waals surface area contributed by atoms with E-state index in [0.29, 0.717) is 12.0 Å². The number of hydrogen-bond acceptors (Lipinski definition) is 6. The van der Waals surface area contributed by atoms with Gasteiger partial charge < -0.3 is 4.90 Å². The third-order valence-electron chi connectivity index (χ3n) is 4.04. The molecule has 3 rings (SSSR count). The van der Waals surface area contributed by atoms with Crippen molar-refractivity contribution < 1.29 is 0 Å². The lowest BCUT2D eigenvalue weighted by molar-refractivity contribution is 0.376.